The zero-order chi connectivity index (χ0) is 19.1. The lowest BCUT2D eigenvalue weighted by Gasteiger charge is -2.07. The fraction of sp³-hybridized carbons (Fsp3) is 0.211. The van der Waals surface area contributed by atoms with Crippen molar-refractivity contribution in [2.24, 2.45) is 0 Å². The number of rotatable bonds is 9. The predicted octanol–water partition coefficient (Wildman–Crippen LogP) is 3.36. The van der Waals surface area contributed by atoms with E-state index >= 15 is 0 Å². The molecule has 3 rings (SSSR count). The zero-order valence-corrected chi connectivity index (χ0v) is 14.8. The molecule has 0 aliphatic carbocycles. The maximum Gasteiger partial charge on any atom is 0.343 e. The quantitative estimate of drug-likeness (QED) is 0.493. The average molecular weight is 368 g/mol. The summed E-state index contributed by atoms with van der Waals surface area (Å²) >= 11 is 0. The van der Waals surface area contributed by atoms with E-state index < -0.39 is 5.97 Å². The normalized spacial score (nSPS) is 10.4. The number of methoxy groups -OCH3 is 1. The Kier molecular flexibility index (Phi) is 5.88. The Labute approximate surface area is 156 Å². The van der Waals surface area contributed by atoms with Crippen LogP contribution in [-0.2, 0) is 0 Å². The number of anilines is 2. The Balaban J connectivity index is 1.62. The number of ether oxygens (including phenoxy) is 1. The van der Waals surface area contributed by atoms with Gasteiger partial charge in [-0.15, -0.1) is 0 Å². The molecule has 1 aromatic carbocycles. The number of benzene rings is 1. The molecule has 2 aromatic heterocycles. The predicted molar refractivity (Wildman–Crippen MR) is 101 cm³/mol. The van der Waals surface area contributed by atoms with Gasteiger partial charge in [0.15, 0.2) is 17.1 Å². The fourth-order valence-corrected chi connectivity index (χ4v) is 2.54. The van der Waals surface area contributed by atoms with Crippen molar-refractivity contribution in [3.63, 3.8) is 0 Å². The van der Waals surface area contributed by atoms with Gasteiger partial charge in [0.2, 0.25) is 0 Å². The van der Waals surface area contributed by atoms with Crippen molar-refractivity contribution in [1.29, 1.82) is 0 Å². The average Bonchev–Trinajstić information content (AvgIpc) is 3.13. The molecule has 27 heavy (non-hydrogen) atoms. The van der Waals surface area contributed by atoms with Crippen molar-refractivity contribution in [1.82, 2.24) is 10.1 Å². The molecule has 0 spiro atoms. The third kappa shape index (κ3) is 4.55. The standard InChI is InChI=1S/C19H20N4O4/c1-26-15-7-5-13(6-8-15)17-16(19(24)25)18(23-27-17)22-11-3-10-21-14-4-2-9-20-12-14/h2,4-9,12,21H,3,10-11H2,1H3,(H,22,23)(H,24,25). The fourth-order valence-electron chi connectivity index (χ4n) is 2.54. The van der Waals surface area contributed by atoms with E-state index in [4.69, 9.17) is 9.26 Å². The minimum absolute atomic E-state index is 0.0142. The van der Waals surface area contributed by atoms with E-state index in [0.717, 1.165) is 12.1 Å². The van der Waals surface area contributed by atoms with Gasteiger partial charge in [-0.3, -0.25) is 4.98 Å². The molecule has 0 aliphatic heterocycles. The molecule has 140 valence electrons. The van der Waals surface area contributed by atoms with Crippen LogP contribution in [0.5, 0.6) is 5.75 Å². The van der Waals surface area contributed by atoms with Crippen LogP contribution in [-0.4, -0.2) is 41.4 Å². The van der Waals surface area contributed by atoms with E-state index in [2.05, 4.69) is 20.8 Å². The van der Waals surface area contributed by atoms with Gasteiger partial charge < -0.3 is 25.0 Å². The summed E-state index contributed by atoms with van der Waals surface area (Å²) < 4.78 is 10.4. The van der Waals surface area contributed by atoms with Crippen LogP contribution in [0.1, 0.15) is 16.8 Å². The maximum atomic E-state index is 11.7. The number of nitrogens with one attached hydrogen (secondary N) is 2. The summed E-state index contributed by atoms with van der Waals surface area (Å²) in [4.78, 5) is 15.7. The monoisotopic (exact) mass is 368 g/mol. The van der Waals surface area contributed by atoms with E-state index in [0.29, 0.717) is 24.4 Å². The summed E-state index contributed by atoms with van der Waals surface area (Å²) in [6.07, 6.45) is 4.22. The number of nitrogens with zero attached hydrogens (tertiary/aromatic N) is 2. The Morgan fingerprint density at radius 3 is 2.63 bits per heavy atom. The number of carbonyl (C=O) groups is 1. The van der Waals surface area contributed by atoms with E-state index in [-0.39, 0.29) is 17.1 Å². The summed E-state index contributed by atoms with van der Waals surface area (Å²) in [7, 11) is 1.57. The van der Waals surface area contributed by atoms with Gasteiger partial charge in [-0.1, -0.05) is 5.16 Å². The molecule has 2 heterocycles. The van der Waals surface area contributed by atoms with Gasteiger partial charge >= 0.3 is 5.97 Å². The topological polar surface area (TPSA) is 110 Å². The second-order valence-corrected chi connectivity index (χ2v) is 5.72. The second kappa shape index (κ2) is 8.70. The van der Waals surface area contributed by atoms with Gasteiger partial charge in [-0.05, 0) is 42.8 Å². The van der Waals surface area contributed by atoms with E-state index in [1.54, 1.807) is 43.8 Å². The van der Waals surface area contributed by atoms with Crippen LogP contribution in [0.25, 0.3) is 11.3 Å². The molecule has 0 saturated carbocycles. The van der Waals surface area contributed by atoms with Gasteiger partial charge in [-0.2, -0.15) is 0 Å². The van der Waals surface area contributed by atoms with Crippen molar-refractivity contribution in [3.05, 3.63) is 54.4 Å². The largest absolute Gasteiger partial charge is 0.497 e. The van der Waals surface area contributed by atoms with Crippen molar-refractivity contribution in [2.75, 3.05) is 30.8 Å². The van der Waals surface area contributed by atoms with Gasteiger partial charge in [0.1, 0.15) is 5.75 Å². The molecule has 0 amide bonds. The molecular formula is C19H20N4O4. The molecule has 0 radical (unpaired) electrons. The van der Waals surface area contributed by atoms with Crippen LogP contribution in [0.15, 0.2) is 53.3 Å². The summed E-state index contributed by atoms with van der Waals surface area (Å²) in [5.41, 5.74) is 1.57. The molecule has 0 atom stereocenters. The first-order chi connectivity index (χ1) is 13.2. The lowest BCUT2D eigenvalue weighted by atomic mass is 10.1. The number of hydrogen-bond acceptors (Lipinski definition) is 7. The molecule has 3 aromatic rings. The highest BCUT2D eigenvalue weighted by atomic mass is 16.5. The Bertz CT molecular complexity index is 878. The third-order valence-electron chi connectivity index (χ3n) is 3.89. The first kappa shape index (κ1) is 18.2. The Morgan fingerprint density at radius 2 is 1.96 bits per heavy atom. The Hall–Kier alpha value is -3.55. The highest BCUT2D eigenvalue weighted by Crippen LogP contribution is 2.30. The summed E-state index contributed by atoms with van der Waals surface area (Å²) in [6, 6.07) is 10.7. The number of carboxylic acid groups (broad SMARTS) is 1. The molecule has 0 fully saturated rings. The van der Waals surface area contributed by atoms with Crippen LogP contribution in [0, 0.1) is 0 Å². The molecule has 0 bridgehead atoms. The molecule has 3 N–H and O–H groups in total. The smallest absolute Gasteiger partial charge is 0.343 e. The summed E-state index contributed by atoms with van der Waals surface area (Å²) in [5.74, 6) is 0.00323. The van der Waals surface area contributed by atoms with Crippen LogP contribution in [0.4, 0.5) is 11.5 Å². The van der Waals surface area contributed by atoms with Crippen molar-refractivity contribution >= 4 is 17.5 Å². The third-order valence-corrected chi connectivity index (χ3v) is 3.89. The molecule has 8 nitrogen and oxygen atoms in total. The van der Waals surface area contributed by atoms with Crippen molar-refractivity contribution < 1.29 is 19.2 Å². The number of hydrogen-bond donors (Lipinski definition) is 3. The molecule has 0 aliphatic rings. The van der Waals surface area contributed by atoms with Crippen LogP contribution in [0.3, 0.4) is 0 Å². The van der Waals surface area contributed by atoms with Gasteiger partial charge in [0, 0.05) is 31.0 Å². The van der Waals surface area contributed by atoms with Gasteiger partial charge in [0.25, 0.3) is 0 Å². The van der Waals surface area contributed by atoms with Crippen LogP contribution < -0.4 is 15.4 Å². The SMILES string of the molecule is COc1ccc(-c2onc(NCCCNc3cccnc3)c2C(=O)O)cc1. The summed E-state index contributed by atoms with van der Waals surface area (Å²) in [6.45, 7) is 1.26. The van der Waals surface area contributed by atoms with Crippen molar-refractivity contribution in [2.45, 2.75) is 6.42 Å². The number of aromatic nitrogens is 2. The van der Waals surface area contributed by atoms with Gasteiger partial charge in [0.05, 0.1) is 12.8 Å². The lowest BCUT2D eigenvalue weighted by molar-refractivity contribution is 0.0698. The second-order valence-electron chi connectivity index (χ2n) is 5.72. The van der Waals surface area contributed by atoms with Gasteiger partial charge in [-0.25, -0.2) is 4.79 Å². The van der Waals surface area contributed by atoms with E-state index in [1.807, 2.05) is 12.1 Å². The lowest BCUT2D eigenvalue weighted by Crippen LogP contribution is -2.11. The highest BCUT2D eigenvalue weighted by molar-refractivity contribution is 5.99. The minimum atomic E-state index is -1.10. The Morgan fingerprint density at radius 1 is 1.19 bits per heavy atom. The maximum absolute atomic E-state index is 11.7. The van der Waals surface area contributed by atoms with Crippen molar-refractivity contribution in [3.8, 4) is 17.1 Å². The van der Waals surface area contributed by atoms with E-state index in [9.17, 15) is 9.90 Å². The molecule has 0 unspecified atom stereocenters. The number of pyridine rings is 1. The van der Waals surface area contributed by atoms with Crippen LogP contribution >= 0.6 is 0 Å². The molecule has 8 heteroatoms. The number of carboxylic acids is 1. The zero-order valence-electron chi connectivity index (χ0n) is 14.8. The highest BCUT2D eigenvalue weighted by Gasteiger charge is 2.23. The first-order valence-electron chi connectivity index (χ1n) is 8.44. The number of aromatic carboxylic acids is 1. The minimum Gasteiger partial charge on any atom is -0.497 e. The van der Waals surface area contributed by atoms with Crippen LogP contribution in [0.2, 0.25) is 0 Å². The molecule has 0 saturated heterocycles. The summed E-state index contributed by atoms with van der Waals surface area (Å²) in [5, 5.41) is 19.7. The van der Waals surface area contributed by atoms with E-state index in [1.165, 1.54) is 0 Å². The molecular weight excluding hydrogens is 348 g/mol. The first-order valence-corrected chi connectivity index (χ1v) is 8.44.